The lowest BCUT2D eigenvalue weighted by molar-refractivity contribution is -0.115. The molecule has 2 aromatic rings. The normalized spacial score (nSPS) is 15.6. The molecule has 0 aliphatic carbocycles. The van der Waals surface area contributed by atoms with Crippen LogP contribution in [0.4, 0.5) is 5.69 Å². The molecule has 138 valence electrons. The molecule has 1 heterocycles. The molecular weight excluding hydrogens is 420 g/mol. The molecule has 3 rings (SSSR count). The van der Waals surface area contributed by atoms with E-state index >= 15 is 0 Å². The smallest absolute Gasteiger partial charge is 0.243 e. The average Bonchev–Trinajstić information content (AvgIpc) is 2.65. The minimum atomic E-state index is -3.52. The van der Waals surface area contributed by atoms with E-state index in [1.807, 2.05) is 24.3 Å². The SMILES string of the molecule is O=C(Cc1ccc(Br)cc1)Nc1ccc(S(=O)(=O)N2CCOCC2)cc1. The standard InChI is InChI=1S/C18H19BrN2O4S/c19-15-3-1-14(2-4-15)13-18(22)20-16-5-7-17(8-6-16)26(23,24)21-9-11-25-12-10-21/h1-8H,9-13H2,(H,20,22). The summed E-state index contributed by atoms with van der Waals surface area (Å²) in [5.74, 6) is -0.156. The van der Waals surface area contributed by atoms with E-state index < -0.39 is 10.0 Å². The highest BCUT2D eigenvalue weighted by atomic mass is 79.9. The maximum Gasteiger partial charge on any atom is 0.243 e. The third-order valence-electron chi connectivity index (χ3n) is 4.02. The second-order valence-electron chi connectivity index (χ2n) is 5.89. The Morgan fingerprint density at radius 2 is 1.65 bits per heavy atom. The number of rotatable bonds is 5. The van der Waals surface area contributed by atoms with Crippen molar-refractivity contribution in [3.05, 3.63) is 58.6 Å². The molecule has 1 amide bonds. The van der Waals surface area contributed by atoms with Gasteiger partial charge in [-0.25, -0.2) is 8.42 Å². The van der Waals surface area contributed by atoms with Crippen LogP contribution in [0, 0.1) is 0 Å². The molecule has 0 spiro atoms. The van der Waals surface area contributed by atoms with Crippen LogP contribution in [0.15, 0.2) is 57.9 Å². The monoisotopic (exact) mass is 438 g/mol. The van der Waals surface area contributed by atoms with E-state index in [4.69, 9.17) is 4.74 Å². The number of sulfonamides is 1. The molecule has 1 aliphatic heterocycles. The molecule has 0 saturated carbocycles. The van der Waals surface area contributed by atoms with Crippen molar-refractivity contribution in [3.8, 4) is 0 Å². The van der Waals surface area contributed by atoms with Crippen LogP contribution in [-0.2, 0) is 26.0 Å². The molecule has 2 aromatic carbocycles. The Labute approximate surface area is 161 Å². The van der Waals surface area contributed by atoms with Crippen molar-refractivity contribution in [1.82, 2.24) is 4.31 Å². The highest BCUT2D eigenvalue weighted by Crippen LogP contribution is 2.19. The van der Waals surface area contributed by atoms with Gasteiger partial charge in [0.25, 0.3) is 0 Å². The molecule has 0 aromatic heterocycles. The number of morpholine rings is 1. The molecule has 0 unspecified atom stereocenters. The molecule has 1 aliphatic rings. The maximum atomic E-state index is 12.6. The quantitative estimate of drug-likeness (QED) is 0.778. The topological polar surface area (TPSA) is 75.7 Å². The Balaban J connectivity index is 1.63. The van der Waals surface area contributed by atoms with Crippen LogP contribution >= 0.6 is 15.9 Å². The number of hydrogen-bond acceptors (Lipinski definition) is 4. The average molecular weight is 439 g/mol. The molecule has 6 nitrogen and oxygen atoms in total. The molecule has 1 N–H and O–H groups in total. The Kier molecular flexibility index (Phi) is 6.08. The van der Waals surface area contributed by atoms with Crippen LogP contribution in [-0.4, -0.2) is 44.9 Å². The number of ether oxygens (including phenoxy) is 1. The van der Waals surface area contributed by atoms with E-state index in [-0.39, 0.29) is 17.2 Å². The summed E-state index contributed by atoms with van der Waals surface area (Å²) in [5.41, 5.74) is 1.46. The van der Waals surface area contributed by atoms with Crippen molar-refractivity contribution >= 4 is 37.5 Å². The minimum absolute atomic E-state index is 0.156. The van der Waals surface area contributed by atoms with Crippen molar-refractivity contribution in [2.45, 2.75) is 11.3 Å². The molecule has 1 saturated heterocycles. The second kappa shape index (κ2) is 8.30. The Morgan fingerprint density at radius 1 is 1.04 bits per heavy atom. The lowest BCUT2D eigenvalue weighted by Crippen LogP contribution is -2.40. The van der Waals surface area contributed by atoms with E-state index in [2.05, 4.69) is 21.2 Å². The van der Waals surface area contributed by atoms with Gasteiger partial charge in [-0.15, -0.1) is 0 Å². The first-order valence-electron chi connectivity index (χ1n) is 8.17. The summed E-state index contributed by atoms with van der Waals surface area (Å²) in [5, 5.41) is 2.78. The van der Waals surface area contributed by atoms with Crippen molar-refractivity contribution in [2.24, 2.45) is 0 Å². The van der Waals surface area contributed by atoms with Crippen molar-refractivity contribution in [2.75, 3.05) is 31.6 Å². The lowest BCUT2D eigenvalue weighted by Gasteiger charge is -2.26. The van der Waals surface area contributed by atoms with E-state index in [9.17, 15) is 13.2 Å². The van der Waals surface area contributed by atoms with Crippen LogP contribution in [0.25, 0.3) is 0 Å². The molecule has 0 radical (unpaired) electrons. The van der Waals surface area contributed by atoms with E-state index in [1.54, 1.807) is 12.1 Å². The van der Waals surface area contributed by atoms with E-state index in [0.717, 1.165) is 10.0 Å². The third kappa shape index (κ3) is 4.70. The van der Waals surface area contributed by atoms with Crippen molar-refractivity contribution < 1.29 is 17.9 Å². The zero-order valence-electron chi connectivity index (χ0n) is 14.0. The zero-order chi connectivity index (χ0) is 18.6. The number of nitrogens with one attached hydrogen (secondary N) is 1. The van der Waals surface area contributed by atoms with Crippen LogP contribution in [0.1, 0.15) is 5.56 Å². The largest absolute Gasteiger partial charge is 0.379 e. The second-order valence-corrected chi connectivity index (χ2v) is 8.75. The minimum Gasteiger partial charge on any atom is -0.379 e. The molecule has 0 bridgehead atoms. The summed E-state index contributed by atoms with van der Waals surface area (Å²) in [6, 6.07) is 13.8. The predicted octanol–water partition coefficient (Wildman–Crippen LogP) is 2.65. The van der Waals surface area contributed by atoms with Gasteiger partial charge >= 0.3 is 0 Å². The zero-order valence-corrected chi connectivity index (χ0v) is 16.4. The van der Waals surface area contributed by atoms with Gasteiger partial charge in [-0.1, -0.05) is 28.1 Å². The van der Waals surface area contributed by atoms with Gasteiger partial charge in [0, 0.05) is 23.2 Å². The Hall–Kier alpha value is -1.74. The maximum absolute atomic E-state index is 12.6. The van der Waals surface area contributed by atoms with Gasteiger partial charge in [-0.3, -0.25) is 4.79 Å². The van der Waals surface area contributed by atoms with Crippen LogP contribution in [0.5, 0.6) is 0 Å². The predicted molar refractivity (Wildman–Crippen MR) is 102 cm³/mol. The number of nitrogens with zero attached hydrogens (tertiary/aromatic N) is 1. The van der Waals surface area contributed by atoms with Crippen molar-refractivity contribution in [3.63, 3.8) is 0 Å². The van der Waals surface area contributed by atoms with Crippen LogP contribution in [0.2, 0.25) is 0 Å². The summed E-state index contributed by atoms with van der Waals surface area (Å²) in [6.45, 7) is 1.52. The van der Waals surface area contributed by atoms with Gasteiger partial charge < -0.3 is 10.1 Å². The number of carbonyl (C=O) groups excluding carboxylic acids is 1. The molecule has 0 atom stereocenters. The van der Waals surface area contributed by atoms with Gasteiger partial charge in [0.05, 0.1) is 24.5 Å². The number of carbonyl (C=O) groups is 1. The van der Waals surface area contributed by atoms with Crippen LogP contribution < -0.4 is 5.32 Å². The number of benzene rings is 2. The highest BCUT2D eigenvalue weighted by molar-refractivity contribution is 9.10. The Morgan fingerprint density at radius 3 is 2.27 bits per heavy atom. The number of amides is 1. The fourth-order valence-corrected chi connectivity index (χ4v) is 4.31. The molecule has 1 fully saturated rings. The van der Waals surface area contributed by atoms with Gasteiger partial charge in [0.1, 0.15) is 0 Å². The Bertz CT molecular complexity index is 861. The number of halogens is 1. The summed E-state index contributed by atoms with van der Waals surface area (Å²) in [4.78, 5) is 12.3. The highest BCUT2D eigenvalue weighted by Gasteiger charge is 2.26. The summed E-state index contributed by atoms with van der Waals surface area (Å²) in [7, 11) is -3.52. The first kappa shape index (κ1) is 19.0. The first-order valence-corrected chi connectivity index (χ1v) is 10.4. The van der Waals surface area contributed by atoms with Gasteiger partial charge in [0.15, 0.2) is 0 Å². The van der Waals surface area contributed by atoms with Gasteiger partial charge in [-0.05, 0) is 42.0 Å². The first-order chi connectivity index (χ1) is 12.4. The lowest BCUT2D eigenvalue weighted by atomic mass is 10.1. The van der Waals surface area contributed by atoms with Gasteiger partial charge in [0.2, 0.25) is 15.9 Å². The molecule has 26 heavy (non-hydrogen) atoms. The fourth-order valence-electron chi connectivity index (χ4n) is 2.64. The summed E-state index contributed by atoms with van der Waals surface area (Å²) in [6.07, 6.45) is 0.251. The van der Waals surface area contributed by atoms with E-state index in [1.165, 1.54) is 16.4 Å². The number of anilines is 1. The fraction of sp³-hybridized carbons (Fsp3) is 0.278. The molecular formula is C18H19BrN2O4S. The van der Waals surface area contributed by atoms with Gasteiger partial charge in [-0.2, -0.15) is 4.31 Å². The summed E-state index contributed by atoms with van der Waals surface area (Å²) >= 11 is 3.36. The number of hydrogen-bond donors (Lipinski definition) is 1. The third-order valence-corrected chi connectivity index (χ3v) is 6.47. The van der Waals surface area contributed by atoms with Crippen LogP contribution in [0.3, 0.4) is 0 Å². The summed E-state index contributed by atoms with van der Waals surface area (Å²) < 4.78 is 32.7. The molecule has 8 heteroatoms. The van der Waals surface area contributed by atoms with E-state index in [0.29, 0.717) is 32.0 Å². The van der Waals surface area contributed by atoms with Crippen molar-refractivity contribution in [1.29, 1.82) is 0 Å².